The predicted octanol–water partition coefficient (Wildman–Crippen LogP) is 3.70. The Bertz CT molecular complexity index is 1530. The van der Waals surface area contributed by atoms with Gasteiger partial charge in [0, 0.05) is 30.9 Å². The molecule has 2 aromatic heterocycles. The zero-order chi connectivity index (χ0) is 27.3. The Labute approximate surface area is 217 Å². The highest BCUT2D eigenvalue weighted by Crippen LogP contribution is 2.40. The molecule has 2 heterocycles. The van der Waals surface area contributed by atoms with Crippen molar-refractivity contribution in [2.45, 2.75) is 11.4 Å². The van der Waals surface area contributed by atoms with E-state index in [1.807, 2.05) is 0 Å². The second-order valence-electron chi connectivity index (χ2n) is 7.58. The van der Waals surface area contributed by atoms with E-state index in [1.165, 1.54) is 58.9 Å². The third-order valence-corrected chi connectivity index (χ3v) is 6.66. The molecule has 2 N–H and O–H groups in total. The minimum atomic E-state index is -4.21. The van der Waals surface area contributed by atoms with E-state index in [0.717, 1.165) is 5.56 Å². The van der Waals surface area contributed by atoms with Gasteiger partial charge in [0.15, 0.2) is 16.3 Å². The van der Waals surface area contributed by atoms with Crippen molar-refractivity contribution >= 4 is 32.9 Å². The molecule has 0 aliphatic heterocycles. The maximum atomic E-state index is 13.3. The molecule has 0 atom stereocenters. The third-order valence-electron chi connectivity index (χ3n) is 5.26. The van der Waals surface area contributed by atoms with Gasteiger partial charge in [-0.3, -0.25) is 4.72 Å². The van der Waals surface area contributed by atoms with E-state index in [9.17, 15) is 13.2 Å². The molecule has 14 heteroatoms. The number of sulfonamides is 1. The first-order valence-electron chi connectivity index (χ1n) is 11.0. The Kier molecular flexibility index (Phi) is 7.71. The summed E-state index contributed by atoms with van der Waals surface area (Å²) in [4.78, 5) is 15.2. The molecule has 38 heavy (non-hydrogen) atoms. The quantitative estimate of drug-likeness (QED) is 0.299. The fourth-order valence-corrected chi connectivity index (χ4v) is 4.83. The maximum absolute atomic E-state index is 13.3. The van der Waals surface area contributed by atoms with Gasteiger partial charge in [0.05, 0.1) is 28.4 Å². The van der Waals surface area contributed by atoms with E-state index in [-0.39, 0.29) is 51.4 Å². The Morgan fingerprint density at radius 1 is 0.974 bits per heavy atom. The van der Waals surface area contributed by atoms with Crippen LogP contribution < -0.4 is 29.0 Å². The fraction of sp³-hybridized carbons (Fsp3) is 0.208. The first-order valence-corrected chi connectivity index (χ1v) is 12.4. The number of alkyl carbamates (subject to hydrolysis) is 1. The largest absolute Gasteiger partial charge is 0.496 e. The van der Waals surface area contributed by atoms with Crippen molar-refractivity contribution in [3.05, 3.63) is 54.2 Å². The molecular formula is C24H24N4O9S. The minimum absolute atomic E-state index is 0.0897. The number of amides is 1. The van der Waals surface area contributed by atoms with Gasteiger partial charge in [-0.2, -0.15) is 0 Å². The van der Waals surface area contributed by atoms with Gasteiger partial charge in [0.1, 0.15) is 28.4 Å². The van der Waals surface area contributed by atoms with Crippen LogP contribution in [-0.2, 0) is 21.3 Å². The number of carbonyl (C=O) groups is 1. The van der Waals surface area contributed by atoms with E-state index in [0.29, 0.717) is 5.75 Å². The molecule has 2 aromatic carbocycles. The fourth-order valence-electron chi connectivity index (χ4n) is 3.50. The van der Waals surface area contributed by atoms with Crippen molar-refractivity contribution in [1.29, 1.82) is 0 Å². The van der Waals surface area contributed by atoms with Crippen molar-refractivity contribution in [3.63, 3.8) is 0 Å². The summed E-state index contributed by atoms with van der Waals surface area (Å²) in [6, 6.07) is 11.0. The Morgan fingerprint density at radius 2 is 1.68 bits per heavy atom. The van der Waals surface area contributed by atoms with Crippen LogP contribution in [0.15, 0.2) is 58.1 Å². The maximum Gasteiger partial charge on any atom is 0.407 e. The smallest absolute Gasteiger partial charge is 0.407 e. The summed E-state index contributed by atoms with van der Waals surface area (Å²) in [5.74, 6) is 0.884. The van der Waals surface area contributed by atoms with Crippen LogP contribution in [0.25, 0.3) is 11.0 Å². The number of aromatic nitrogens is 2. The Hall–Kier alpha value is -4.72. The highest BCUT2D eigenvalue weighted by atomic mass is 32.2. The lowest BCUT2D eigenvalue weighted by Crippen LogP contribution is -2.22. The average molecular weight is 545 g/mol. The van der Waals surface area contributed by atoms with Crippen LogP contribution in [0.4, 0.5) is 10.6 Å². The zero-order valence-corrected chi connectivity index (χ0v) is 21.6. The van der Waals surface area contributed by atoms with Crippen LogP contribution in [0, 0.1) is 0 Å². The molecule has 0 aliphatic rings. The summed E-state index contributed by atoms with van der Waals surface area (Å²) in [6.07, 6.45) is 0.982. The molecular weight excluding hydrogens is 520 g/mol. The lowest BCUT2D eigenvalue weighted by molar-refractivity contribution is 0.170. The van der Waals surface area contributed by atoms with Crippen LogP contribution in [0.3, 0.4) is 0 Å². The normalized spacial score (nSPS) is 11.1. The highest BCUT2D eigenvalue weighted by molar-refractivity contribution is 7.93. The molecule has 0 saturated heterocycles. The topological polar surface area (TPSA) is 160 Å². The highest BCUT2D eigenvalue weighted by Gasteiger charge is 2.28. The second-order valence-corrected chi connectivity index (χ2v) is 9.20. The number of anilines is 1. The van der Waals surface area contributed by atoms with E-state index < -0.39 is 16.1 Å². The number of hydrogen-bond donors (Lipinski definition) is 2. The number of ether oxygens (including phenoxy) is 5. The third kappa shape index (κ3) is 5.49. The molecule has 200 valence electrons. The lowest BCUT2D eigenvalue weighted by Gasteiger charge is -2.14. The minimum Gasteiger partial charge on any atom is -0.496 e. The first-order chi connectivity index (χ1) is 18.3. The van der Waals surface area contributed by atoms with Crippen molar-refractivity contribution in [1.82, 2.24) is 15.5 Å². The van der Waals surface area contributed by atoms with Crippen molar-refractivity contribution < 1.29 is 41.4 Å². The van der Waals surface area contributed by atoms with Crippen LogP contribution in [0.5, 0.6) is 28.9 Å². The first kappa shape index (κ1) is 26.3. The van der Waals surface area contributed by atoms with E-state index in [4.69, 9.17) is 23.5 Å². The van der Waals surface area contributed by atoms with Crippen molar-refractivity contribution in [2.24, 2.45) is 0 Å². The molecule has 0 radical (unpaired) electrons. The molecule has 0 bridgehead atoms. The lowest BCUT2D eigenvalue weighted by atomic mass is 10.2. The number of methoxy groups -OCH3 is 4. The summed E-state index contributed by atoms with van der Waals surface area (Å²) in [5.41, 5.74) is 0.928. The van der Waals surface area contributed by atoms with Crippen LogP contribution >= 0.6 is 0 Å². The number of pyridine rings is 1. The summed E-state index contributed by atoms with van der Waals surface area (Å²) in [6.45, 7) is 0.233. The number of nitrogens with one attached hydrogen (secondary N) is 2. The number of hydrogen-bond acceptors (Lipinski definition) is 11. The van der Waals surface area contributed by atoms with Gasteiger partial charge < -0.3 is 33.5 Å². The summed E-state index contributed by atoms with van der Waals surface area (Å²) in [5, 5.41) is 6.71. The zero-order valence-electron chi connectivity index (χ0n) is 20.8. The molecule has 1 amide bonds. The Morgan fingerprint density at radius 3 is 2.29 bits per heavy atom. The number of fused-ring (bicyclic) bond motifs is 1. The number of rotatable bonds is 10. The average Bonchev–Trinajstić information content (AvgIpc) is 3.33. The number of nitrogens with zero attached hydrogens (tertiary/aromatic N) is 2. The van der Waals surface area contributed by atoms with E-state index >= 15 is 0 Å². The molecule has 4 aromatic rings. The second kappa shape index (κ2) is 11.1. The van der Waals surface area contributed by atoms with E-state index in [2.05, 4.69) is 24.9 Å². The van der Waals surface area contributed by atoms with Gasteiger partial charge in [0.25, 0.3) is 10.0 Å². The SMILES string of the molecule is COC(=O)NCc1ccc(Oc2cc(OC)c3c(NS(=O)(=O)c4c(OC)cccc4OC)noc3c2)nc1. The van der Waals surface area contributed by atoms with Crippen molar-refractivity contribution in [3.8, 4) is 28.9 Å². The molecule has 0 spiro atoms. The van der Waals surface area contributed by atoms with Crippen LogP contribution in [0.1, 0.15) is 5.56 Å². The molecule has 0 saturated carbocycles. The van der Waals surface area contributed by atoms with Gasteiger partial charge >= 0.3 is 6.09 Å². The standard InChI is InChI=1S/C24H24N4O9S/c1-32-16-6-5-7-17(33-2)22(16)38(30,31)28-23-21-18(34-3)10-15(11-19(21)37-27-23)36-20-9-8-14(12-25-20)13-26-24(29)35-4/h5-12H,13H2,1-4H3,(H,26,29)(H,27,28). The number of carbonyl (C=O) groups excluding carboxylic acids is 1. The van der Waals surface area contributed by atoms with E-state index in [1.54, 1.807) is 18.2 Å². The van der Waals surface area contributed by atoms with Gasteiger partial charge in [0.2, 0.25) is 5.88 Å². The molecule has 0 aliphatic carbocycles. The van der Waals surface area contributed by atoms with Gasteiger partial charge in [-0.1, -0.05) is 17.3 Å². The Balaban J connectivity index is 1.60. The van der Waals surface area contributed by atoms with Gasteiger partial charge in [-0.15, -0.1) is 0 Å². The van der Waals surface area contributed by atoms with Gasteiger partial charge in [-0.25, -0.2) is 18.2 Å². The van der Waals surface area contributed by atoms with Gasteiger partial charge in [-0.05, 0) is 17.7 Å². The molecule has 13 nitrogen and oxygen atoms in total. The monoisotopic (exact) mass is 544 g/mol. The van der Waals surface area contributed by atoms with Crippen LogP contribution in [0.2, 0.25) is 0 Å². The molecule has 4 rings (SSSR count). The number of benzene rings is 2. The predicted molar refractivity (Wildman–Crippen MR) is 134 cm³/mol. The summed E-state index contributed by atoms with van der Waals surface area (Å²) in [7, 11) is 1.18. The molecule has 0 fully saturated rings. The summed E-state index contributed by atoms with van der Waals surface area (Å²) >= 11 is 0. The summed E-state index contributed by atoms with van der Waals surface area (Å²) < 4.78 is 60.6. The van der Waals surface area contributed by atoms with Crippen LogP contribution in [-0.4, -0.2) is 53.1 Å². The molecule has 0 unspecified atom stereocenters. The van der Waals surface area contributed by atoms with Crippen molar-refractivity contribution in [2.75, 3.05) is 33.2 Å².